The summed E-state index contributed by atoms with van der Waals surface area (Å²) in [6.07, 6.45) is 5.79. The van der Waals surface area contributed by atoms with E-state index in [1.807, 2.05) is 49.4 Å². The van der Waals surface area contributed by atoms with Gasteiger partial charge in [0.1, 0.15) is 17.1 Å². The minimum atomic E-state index is -0.399. The number of carbonyl (C=O) groups is 1. The number of fused-ring (bicyclic) bond motifs is 6. The van der Waals surface area contributed by atoms with E-state index in [4.69, 9.17) is 9.47 Å². The monoisotopic (exact) mass is 476 g/mol. The average molecular weight is 477 g/mol. The fourth-order valence-electron chi connectivity index (χ4n) is 5.05. The molecule has 0 fully saturated rings. The molecule has 0 aliphatic heterocycles. The Hall–Kier alpha value is -3.85. The highest BCUT2D eigenvalue weighted by Crippen LogP contribution is 2.40. The summed E-state index contributed by atoms with van der Waals surface area (Å²) < 4.78 is 12.2. The lowest BCUT2D eigenvalue weighted by atomic mass is 9.94. The molecule has 0 aliphatic carbocycles. The van der Waals surface area contributed by atoms with Crippen LogP contribution >= 0.6 is 0 Å². The van der Waals surface area contributed by atoms with Crippen LogP contribution in [-0.2, 0) is 0 Å². The largest absolute Gasteiger partial charge is 0.492 e. The Morgan fingerprint density at radius 3 is 1.94 bits per heavy atom. The number of unbranched alkanes of at least 4 members (excludes halogenated alkanes) is 4. The van der Waals surface area contributed by atoms with Gasteiger partial charge < -0.3 is 9.47 Å². The summed E-state index contributed by atoms with van der Waals surface area (Å²) in [6.45, 7) is 4.78. The number of para-hydroxylation sites is 1. The second-order valence-electron chi connectivity index (χ2n) is 9.37. The highest BCUT2D eigenvalue weighted by atomic mass is 16.5. The van der Waals surface area contributed by atoms with Crippen LogP contribution in [0.15, 0.2) is 84.9 Å². The molecule has 0 heterocycles. The van der Waals surface area contributed by atoms with Crippen LogP contribution in [0.3, 0.4) is 0 Å². The molecule has 0 radical (unpaired) electrons. The van der Waals surface area contributed by atoms with E-state index in [2.05, 4.69) is 43.3 Å². The number of esters is 1. The van der Waals surface area contributed by atoms with Crippen LogP contribution in [0.5, 0.6) is 11.5 Å². The van der Waals surface area contributed by atoms with Gasteiger partial charge in [0, 0.05) is 5.39 Å². The van der Waals surface area contributed by atoms with Gasteiger partial charge in [-0.3, -0.25) is 0 Å². The number of hydrogen-bond donors (Lipinski definition) is 0. The molecule has 5 aromatic rings. The lowest BCUT2D eigenvalue weighted by Gasteiger charge is -2.16. The maximum absolute atomic E-state index is 13.5. The fraction of sp³-hybridized carbons (Fsp3) is 0.242. The first-order chi connectivity index (χ1) is 17.7. The molecule has 36 heavy (non-hydrogen) atoms. The standard InChI is InChI=1S/C33H32O3/c1-3-4-5-6-11-22-35-32-23(2)14-12-20-29(32)33(34)36-30-21-13-19-28-26-16-8-7-15-24(26)25-17-9-10-18-27(25)31(28)30/h7-10,12-21H,3-6,11,22H2,1-2H3. The zero-order valence-electron chi connectivity index (χ0n) is 21.1. The van der Waals surface area contributed by atoms with Crippen LogP contribution < -0.4 is 9.47 Å². The summed E-state index contributed by atoms with van der Waals surface area (Å²) in [5.74, 6) is 0.782. The molecular formula is C33H32O3. The highest BCUT2D eigenvalue weighted by molar-refractivity contribution is 6.27. The molecule has 0 spiro atoms. The van der Waals surface area contributed by atoms with Crippen molar-refractivity contribution in [1.29, 1.82) is 0 Å². The van der Waals surface area contributed by atoms with Crippen molar-refractivity contribution in [2.75, 3.05) is 6.61 Å². The van der Waals surface area contributed by atoms with Crippen LogP contribution in [0.4, 0.5) is 0 Å². The van der Waals surface area contributed by atoms with Gasteiger partial charge in [-0.1, -0.05) is 105 Å². The average Bonchev–Trinajstić information content (AvgIpc) is 2.91. The molecule has 3 nitrogen and oxygen atoms in total. The van der Waals surface area contributed by atoms with Gasteiger partial charge in [0.2, 0.25) is 0 Å². The topological polar surface area (TPSA) is 35.5 Å². The first-order valence-corrected chi connectivity index (χ1v) is 13.0. The summed E-state index contributed by atoms with van der Waals surface area (Å²) in [5, 5.41) is 6.58. The minimum Gasteiger partial charge on any atom is -0.492 e. The van der Waals surface area contributed by atoms with Crippen molar-refractivity contribution in [2.24, 2.45) is 0 Å². The molecule has 0 saturated carbocycles. The highest BCUT2D eigenvalue weighted by Gasteiger charge is 2.19. The molecule has 0 aromatic heterocycles. The van der Waals surface area contributed by atoms with Crippen LogP contribution in [0, 0.1) is 6.92 Å². The van der Waals surface area contributed by atoms with Gasteiger partial charge in [-0.25, -0.2) is 4.79 Å². The number of ether oxygens (including phenoxy) is 2. The van der Waals surface area contributed by atoms with Crippen LogP contribution in [0.1, 0.15) is 54.9 Å². The van der Waals surface area contributed by atoms with Gasteiger partial charge in [0.25, 0.3) is 0 Å². The van der Waals surface area contributed by atoms with Gasteiger partial charge in [-0.2, -0.15) is 0 Å². The molecule has 0 saturated heterocycles. The van der Waals surface area contributed by atoms with Crippen LogP contribution in [-0.4, -0.2) is 12.6 Å². The van der Waals surface area contributed by atoms with Crippen LogP contribution in [0.25, 0.3) is 32.3 Å². The summed E-state index contributed by atoms with van der Waals surface area (Å²) in [6, 6.07) is 28.3. The van der Waals surface area contributed by atoms with E-state index in [1.54, 1.807) is 6.07 Å². The predicted molar refractivity (Wildman–Crippen MR) is 149 cm³/mol. The zero-order chi connectivity index (χ0) is 24.9. The van der Waals surface area contributed by atoms with E-state index in [0.29, 0.717) is 23.7 Å². The quantitative estimate of drug-likeness (QED) is 0.0921. The van der Waals surface area contributed by atoms with E-state index >= 15 is 0 Å². The van der Waals surface area contributed by atoms with E-state index < -0.39 is 5.97 Å². The smallest absolute Gasteiger partial charge is 0.347 e. The molecule has 0 unspecified atom stereocenters. The number of carbonyl (C=O) groups excluding carboxylic acids is 1. The Labute approximate surface area is 212 Å². The van der Waals surface area contributed by atoms with Crippen molar-refractivity contribution < 1.29 is 14.3 Å². The van der Waals surface area contributed by atoms with Gasteiger partial charge in [-0.05, 0) is 58.0 Å². The van der Waals surface area contributed by atoms with E-state index in [-0.39, 0.29) is 0 Å². The number of aryl methyl sites for hydroxylation is 1. The molecular weight excluding hydrogens is 444 g/mol. The molecule has 3 heteroatoms. The molecule has 0 atom stereocenters. The Morgan fingerprint density at radius 2 is 1.25 bits per heavy atom. The summed E-state index contributed by atoms with van der Waals surface area (Å²) in [4.78, 5) is 13.5. The Bertz CT molecular complexity index is 1490. The molecule has 0 N–H and O–H groups in total. The lowest BCUT2D eigenvalue weighted by Crippen LogP contribution is -2.12. The second-order valence-corrected chi connectivity index (χ2v) is 9.37. The predicted octanol–water partition coefficient (Wildman–Crippen LogP) is 9.02. The molecule has 182 valence electrons. The maximum atomic E-state index is 13.5. The Kier molecular flexibility index (Phi) is 7.18. The van der Waals surface area contributed by atoms with Crippen LogP contribution in [0.2, 0.25) is 0 Å². The van der Waals surface area contributed by atoms with Crippen molar-refractivity contribution in [3.8, 4) is 11.5 Å². The Morgan fingerprint density at radius 1 is 0.667 bits per heavy atom. The molecule has 0 aliphatic rings. The zero-order valence-corrected chi connectivity index (χ0v) is 21.1. The van der Waals surface area contributed by atoms with Gasteiger partial charge in [-0.15, -0.1) is 0 Å². The van der Waals surface area contributed by atoms with Crippen molar-refractivity contribution >= 4 is 38.3 Å². The van der Waals surface area contributed by atoms with Crippen molar-refractivity contribution in [3.63, 3.8) is 0 Å². The summed E-state index contributed by atoms with van der Waals surface area (Å²) in [7, 11) is 0. The first-order valence-electron chi connectivity index (χ1n) is 13.0. The number of benzene rings is 5. The second kappa shape index (κ2) is 10.8. The summed E-state index contributed by atoms with van der Waals surface area (Å²) >= 11 is 0. The number of rotatable bonds is 9. The van der Waals surface area contributed by atoms with Crippen molar-refractivity contribution in [3.05, 3.63) is 96.1 Å². The van der Waals surface area contributed by atoms with E-state index in [1.165, 1.54) is 24.6 Å². The third-order valence-electron chi connectivity index (χ3n) is 6.86. The number of hydrogen-bond acceptors (Lipinski definition) is 3. The third-order valence-corrected chi connectivity index (χ3v) is 6.86. The molecule has 5 rings (SSSR count). The van der Waals surface area contributed by atoms with E-state index in [9.17, 15) is 4.79 Å². The molecule has 5 aromatic carbocycles. The lowest BCUT2D eigenvalue weighted by molar-refractivity contribution is 0.0732. The fourth-order valence-corrected chi connectivity index (χ4v) is 5.05. The SMILES string of the molecule is CCCCCCCOc1c(C)cccc1C(=O)Oc1cccc2c3ccccc3c3ccccc3c12. The maximum Gasteiger partial charge on any atom is 0.347 e. The van der Waals surface area contributed by atoms with Crippen molar-refractivity contribution in [2.45, 2.75) is 46.0 Å². The van der Waals surface area contributed by atoms with E-state index in [0.717, 1.165) is 45.3 Å². The van der Waals surface area contributed by atoms with Crippen molar-refractivity contribution in [1.82, 2.24) is 0 Å². The molecule has 0 bridgehead atoms. The first kappa shape index (κ1) is 23.9. The van der Waals surface area contributed by atoms with Gasteiger partial charge >= 0.3 is 5.97 Å². The Balaban J connectivity index is 1.50. The van der Waals surface area contributed by atoms with Gasteiger partial charge in [0.05, 0.1) is 6.61 Å². The normalized spacial score (nSPS) is 11.3. The summed E-state index contributed by atoms with van der Waals surface area (Å²) in [5.41, 5.74) is 1.40. The third kappa shape index (κ3) is 4.66. The minimum absolute atomic E-state index is 0.399. The molecule has 0 amide bonds. The van der Waals surface area contributed by atoms with Gasteiger partial charge in [0.15, 0.2) is 0 Å².